The van der Waals surface area contributed by atoms with E-state index in [1.54, 1.807) is 12.4 Å². The molecule has 1 aromatic rings. The summed E-state index contributed by atoms with van der Waals surface area (Å²) in [5.74, 6) is 0. The van der Waals surface area contributed by atoms with Crippen LogP contribution in [-0.2, 0) is 6.80 Å². The fraction of sp³-hybridized carbons (Fsp3) is 0.400. The van der Waals surface area contributed by atoms with Crippen molar-refractivity contribution in [3.05, 3.63) is 18.0 Å². The summed E-state index contributed by atoms with van der Waals surface area (Å²) in [7, 11) is 0. The number of aromatic nitrogens is 2. The Kier molecular flexibility index (Phi) is 1.28. The Morgan fingerprint density at radius 2 is 2.62 bits per heavy atom. The van der Waals surface area contributed by atoms with Crippen molar-refractivity contribution in [2.45, 2.75) is 13.7 Å². The van der Waals surface area contributed by atoms with E-state index < -0.39 is 6.80 Å². The molecule has 1 rings (SSSR count). The van der Waals surface area contributed by atoms with Crippen molar-refractivity contribution in [3.8, 4) is 0 Å². The summed E-state index contributed by atoms with van der Waals surface area (Å²) >= 11 is 0. The van der Waals surface area contributed by atoms with Crippen molar-refractivity contribution in [2.24, 2.45) is 0 Å². The van der Waals surface area contributed by atoms with Crippen molar-refractivity contribution in [3.63, 3.8) is 0 Å². The van der Waals surface area contributed by atoms with E-state index in [1.165, 1.54) is 4.68 Å². The molecule has 0 saturated carbocycles. The quantitative estimate of drug-likeness (QED) is 0.535. The normalized spacial score (nSPS) is 9.75. The van der Waals surface area contributed by atoms with E-state index in [1.807, 2.05) is 6.92 Å². The first-order valence-corrected chi connectivity index (χ1v) is 2.38. The first kappa shape index (κ1) is 5.28. The largest absolute Gasteiger partial charge is 0.242 e. The number of hydrogen-bond acceptors (Lipinski definition) is 1. The van der Waals surface area contributed by atoms with Gasteiger partial charge in [-0.3, -0.25) is 0 Å². The Morgan fingerprint density at radius 3 is 2.88 bits per heavy atom. The van der Waals surface area contributed by atoms with E-state index in [-0.39, 0.29) is 0 Å². The number of halogens is 1. The van der Waals surface area contributed by atoms with Gasteiger partial charge in [0.1, 0.15) is 0 Å². The van der Waals surface area contributed by atoms with Gasteiger partial charge in [-0.25, -0.2) is 9.07 Å². The third-order valence-corrected chi connectivity index (χ3v) is 0.885. The molecule has 0 spiro atoms. The molecular weight excluding hydrogens is 107 g/mol. The van der Waals surface area contributed by atoms with Crippen LogP contribution in [0, 0.1) is 6.92 Å². The second-order valence-electron chi connectivity index (χ2n) is 1.68. The van der Waals surface area contributed by atoms with Crippen LogP contribution in [0.2, 0.25) is 0 Å². The minimum Gasteiger partial charge on any atom is -0.242 e. The smallest absolute Gasteiger partial charge is 0.181 e. The average molecular weight is 114 g/mol. The monoisotopic (exact) mass is 114 g/mol. The Labute approximate surface area is 46.9 Å². The van der Waals surface area contributed by atoms with Crippen LogP contribution < -0.4 is 0 Å². The molecule has 0 saturated heterocycles. The highest BCUT2D eigenvalue weighted by Crippen LogP contribution is 1.92. The summed E-state index contributed by atoms with van der Waals surface area (Å²) in [6.45, 7) is 1.34. The van der Waals surface area contributed by atoms with E-state index in [4.69, 9.17) is 0 Å². The lowest BCUT2D eigenvalue weighted by atomic mass is 10.4. The van der Waals surface area contributed by atoms with Crippen LogP contribution >= 0.6 is 0 Å². The minimum atomic E-state index is -0.534. The maximum Gasteiger partial charge on any atom is 0.181 e. The maximum atomic E-state index is 11.6. The molecule has 0 aliphatic heterocycles. The summed E-state index contributed by atoms with van der Waals surface area (Å²) in [5, 5.41) is 3.68. The molecule has 0 unspecified atom stereocenters. The van der Waals surface area contributed by atoms with Gasteiger partial charge < -0.3 is 0 Å². The van der Waals surface area contributed by atoms with Gasteiger partial charge in [-0.1, -0.05) is 0 Å². The van der Waals surface area contributed by atoms with Crippen molar-refractivity contribution < 1.29 is 4.39 Å². The second kappa shape index (κ2) is 1.94. The van der Waals surface area contributed by atoms with Crippen molar-refractivity contribution in [2.75, 3.05) is 0 Å². The Bertz CT molecular complexity index is 171. The molecule has 8 heavy (non-hydrogen) atoms. The van der Waals surface area contributed by atoms with Gasteiger partial charge in [-0.15, -0.1) is 0 Å². The van der Waals surface area contributed by atoms with E-state index in [0.717, 1.165) is 5.56 Å². The van der Waals surface area contributed by atoms with Crippen molar-refractivity contribution >= 4 is 0 Å². The van der Waals surface area contributed by atoms with Gasteiger partial charge in [0, 0.05) is 6.20 Å². The molecule has 0 aliphatic carbocycles. The molecular formula is C5H7FN2. The summed E-state index contributed by atoms with van der Waals surface area (Å²) < 4.78 is 12.9. The summed E-state index contributed by atoms with van der Waals surface area (Å²) in [4.78, 5) is 0. The molecule has 0 N–H and O–H groups in total. The number of hydrogen-bond donors (Lipinski definition) is 0. The first-order valence-electron chi connectivity index (χ1n) is 2.38. The summed E-state index contributed by atoms with van der Waals surface area (Å²) in [6, 6.07) is 0. The molecule has 0 atom stereocenters. The molecule has 3 heteroatoms. The third kappa shape index (κ3) is 0.857. The van der Waals surface area contributed by atoms with Gasteiger partial charge in [0.05, 0.1) is 6.20 Å². The molecule has 0 aliphatic rings. The number of nitrogens with zero attached hydrogens (tertiary/aromatic N) is 2. The average Bonchev–Trinajstić information content (AvgIpc) is 2.14. The maximum absolute atomic E-state index is 11.6. The lowest BCUT2D eigenvalue weighted by Crippen LogP contribution is -1.90. The Morgan fingerprint density at radius 1 is 1.88 bits per heavy atom. The molecule has 0 bridgehead atoms. The molecule has 0 aromatic carbocycles. The second-order valence-corrected chi connectivity index (χ2v) is 1.68. The van der Waals surface area contributed by atoms with Gasteiger partial charge in [0.15, 0.2) is 6.80 Å². The fourth-order valence-corrected chi connectivity index (χ4v) is 0.532. The molecule has 44 valence electrons. The van der Waals surface area contributed by atoms with Crippen LogP contribution in [-0.4, -0.2) is 9.78 Å². The van der Waals surface area contributed by atoms with E-state index in [2.05, 4.69) is 5.10 Å². The van der Waals surface area contributed by atoms with Crippen LogP contribution in [0.4, 0.5) is 4.39 Å². The third-order valence-electron chi connectivity index (χ3n) is 0.885. The minimum absolute atomic E-state index is 0.534. The number of aryl methyl sites for hydroxylation is 1. The van der Waals surface area contributed by atoms with Gasteiger partial charge in [-0.2, -0.15) is 5.10 Å². The highest BCUT2D eigenvalue weighted by Gasteiger charge is 1.88. The standard InChI is InChI=1S/C5H7FN2/c1-5-2-7-8(3-5)4-6/h2-3H,4H2,1H3. The zero-order valence-electron chi connectivity index (χ0n) is 4.63. The molecule has 1 heterocycles. The van der Waals surface area contributed by atoms with Crippen molar-refractivity contribution in [1.82, 2.24) is 9.78 Å². The first-order chi connectivity index (χ1) is 3.83. The highest BCUT2D eigenvalue weighted by atomic mass is 19.1. The van der Waals surface area contributed by atoms with Crippen LogP contribution in [0.5, 0.6) is 0 Å². The van der Waals surface area contributed by atoms with Crippen LogP contribution in [0.3, 0.4) is 0 Å². The van der Waals surface area contributed by atoms with Crippen LogP contribution in [0.1, 0.15) is 5.56 Å². The lowest BCUT2D eigenvalue weighted by Gasteiger charge is -1.85. The van der Waals surface area contributed by atoms with Crippen LogP contribution in [0.15, 0.2) is 12.4 Å². The highest BCUT2D eigenvalue weighted by molar-refractivity contribution is 4.98. The van der Waals surface area contributed by atoms with E-state index >= 15 is 0 Å². The SMILES string of the molecule is Cc1cnn(CF)c1. The molecule has 1 aromatic heterocycles. The van der Waals surface area contributed by atoms with E-state index in [0.29, 0.717) is 0 Å². The number of alkyl halides is 1. The molecule has 0 amide bonds. The zero-order valence-corrected chi connectivity index (χ0v) is 4.63. The van der Waals surface area contributed by atoms with Gasteiger partial charge in [0.25, 0.3) is 0 Å². The van der Waals surface area contributed by atoms with Gasteiger partial charge in [0.2, 0.25) is 0 Å². The molecule has 2 nitrogen and oxygen atoms in total. The number of rotatable bonds is 1. The predicted molar refractivity (Wildman–Crippen MR) is 28.1 cm³/mol. The van der Waals surface area contributed by atoms with Gasteiger partial charge >= 0.3 is 0 Å². The van der Waals surface area contributed by atoms with Gasteiger partial charge in [-0.05, 0) is 12.5 Å². The Hall–Kier alpha value is -0.860. The molecule has 0 radical (unpaired) electrons. The predicted octanol–water partition coefficient (Wildman–Crippen LogP) is 1.12. The fourth-order valence-electron chi connectivity index (χ4n) is 0.532. The summed E-state index contributed by atoms with van der Waals surface area (Å²) in [5.41, 5.74) is 0.989. The Balaban J connectivity index is 2.84. The van der Waals surface area contributed by atoms with Crippen molar-refractivity contribution in [1.29, 1.82) is 0 Å². The summed E-state index contributed by atoms with van der Waals surface area (Å²) in [6.07, 6.45) is 3.28. The van der Waals surface area contributed by atoms with E-state index in [9.17, 15) is 4.39 Å². The zero-order chi connectivity index (χ0) is 5.98. The lowest BCUT2D eigenvalue weighted by molar-refractivity contribution is 0.349. The van der Waals surface area contributed by atoms with Crippen LogP contribution in [0.25, 0.3) is 0 Å². The topological polar surface area (TPSA) is 17.8 Å². The molecule has 0 fully saturated rings.